The number of likely N-dealkylation sites (tertiary alicyclic amines) is 2. The molecule has 0 radical (unpaired) electrons. The number of carbonyl (C=O) groups is 4. The lowest BCUT2D eigenvalue weighted by atomic mass is 9.85. The van der Waals surface area contributed by atoms with Crippen molar-refractivity contribution in [3.63, 3.8) is 0 Å². The maximum Gasteiger partial charge on any atom is 0.407 e. The number of fused-ring (bicyclic) bond motifs is 2. The topological polar surface area (TPSA) is 184 Å². The molecule has 1 aliphatic carbocycles. The van der Waals surface area contributed by atoms with Gasteiger partial charge in [0.1, 0.15) is 11.7 Å². The van der Waals surface area contributed by atoms with Gasteiger partial charge in [-0.25, -0.2) is 14.8 Å². The van der Waals surface area contributed by atoms with Crippen LogP contribution in [-0.4, -0.2) is 125 Å². The Morgan fingerprint density at radius 2 is 1.47 bits per heavy atom. The van der Waals surface area contributed by atoms with Crippen LogP contribution in [-0.2, 0) is 28.6 Å². The number of carbonyl (C=O) groups excluding carboxylic acids is 4. The zero-order valence-corrected chi connectivity index (χ0v) is 41.4. The Morgan fingerprint density at radius 3 is 1.99 bits per heavy atom. The van der Waals surface area contributed by atoms with Crippen LogP contribution in [0.4, 0.5) is 4.79 Å². The van der Waals surface area contributed by atoms with E-state index < -0.39 is 12.1 Å². The van der Waals surface area contributed by atoms with Crippen LogP contribution < -0.4 is 10.6 Å². The van der Waals surface area contributed by atoms with Gasteiger partial charge in [-0.3, -0.25) is 14.4 Å². The van der Waals surface area contributed by atoms with Crippen LogP contribution >= 0.6 is 0 Å². The average molecular weight is 933 g/mol. The lowest BCUT2D eigenvalue weighted by Crippen LogP contribution is -2.54. The van der Waals surface area contributed by atoms with Gasteiger partial charge in [0.2, 0.25) is 11.8 Å². The molecule has 15 heteroatoms. The van der Waals surface area contributed by atoms with Gasteiger partial charge in [0.25, 0.3) is 6.47 Å². The van der Waals surface area contributed by atoms with Crippen LogP contribution in [0.1, 0.15) is 85.4 Å². The fourth-order valence-corrected chi connectivity index (χ4v) is 9.33. The number of aromatic nitrogens is 4. The van der Waals surface area contributed by atoms with Gasteiger partial charge in [-0.15, -0.1) is 25.7 Å². The quantitative estimate of drug-likeness (QED) is 0.107. The Hall–Kier alpha value is -6.60. The minimum absolute atomic E-state index is 0.0299. The molecule has 3 aliphatic heterocycles. The predicted molar refractivity (Wildman–Crippen MR) is 266 cm³/mol. The van der Waals surface area contributed by atoms with Crippen LogP contribution in [0.2, 0.25) is 0 Å². The van der Waals surface area contributed by atoms with Crippen molar-refractivity contribution >= 4 is 35.2 Å². The van der Waals surface area contributed by atoms with Gasteiger partial charge in [0, 0.05) is 36.3 Å². The molecule has 6 unspecified atom stereocenters. The monoisotopic (exact) mass is 933 g/mol. The maximum absolute atomic E-state index is 13.1. The molecular formula is C53H72N8O7. The summed E-state index contributed by atoms with van der Waals surface area (Å²) in [5, 5.41) is 8.27. The van der Waals surface area contributed by atoms with E-state index >= 15 is 0 Å². The molecule has 4 fully saturated rings. The van der Waals surface area contributed by atoms with Crippen molar-refractivity contribution in [1.82, 2.24) is 40.4 Å². The van der Waals surface area contributed by atoms with Crippen molar-refractivity contribution in [3.8, 4) is 48.8 Å². The fraction of sp³-hybridized carbons (Fsp3) is 0.509. The van der Waals surface area contributed by atoms with Gasteiger partial charge in [-0.05, 0) is 118 Å². The Kier molecular flexibility index (Phi) is 22.9. The molecule has 4 N–H and O–H groups in total. The summed E-state index contributed by atoms with van der Waals surface area (Å²) < 4.78 is 14.4. The minimum atomic E-state index is -0.533. The molecule has 4 aromatic rings. The molecule has 366 valence electrons. The van der Waals surface area contributed by atoms with Gasteiger partial charge >= 0.3 is 6.09 Å². The molecule has 0 spiro atoms. The number of imidazole rings is 2. The number of terminal acetylenes is 2. The minimum Gasteiger partial charge on any atom is -0.471 e. The Bertz CT molecular complexity index is 2270. The number of alkyl carbamates (subject to hydrolysis) is 1. The standard InChI is InChI=1S/C18H12N4.C17H28N2O4.C12H24N2O.C2H4O2.2C2H2/c1-3-15-8-16(18-10-20-12-22-18)5-4-14(15)7-13(1)2-6-17-9-19-11-21-17;1-9-7-12(8-10(2)23-9)14(18-17(21)22-4)16(20)19-6-5-13-11(3)15(13)19;1-8(2)11(13-5)12(15)14-7-6-9(3)10(14)4;1-4-2-3;2*1-2/h1,3-5,7-12H,(H,19,21)(H,20,22);9-15H,5-8H2,1-4H3,(H,18,21);8-11,13H,6-7H2,1-5H3;2H,1H3;2*1-2H/t;9-,10+,11-,12?,13?,14?,15?;9?,10-,11?;;;/m.11.../s1. The lowest BCUT2D eigenvalue weighted by molar-refractivity contribution is -0.137. The van der Waals surface area contributed by atoms with E-state index in [0.29, 0.717) is 42.2 Å². The molecule has 3 saturated heterocycles. The third kappa shape index (κ3) is 15.2. The van der Waals surface area contributed by atoms with Crippen molar-refractivity contribution in [1.29, 1.82) is 0 Å². The molecule has 4 aliphatic rings. The number of H-pyrrole nitrogens is 2. The van der Waals surface area contributed by atoms with Crippen LogP contribution in [0.3, 0.4) is 0 Å². The van der Waals surface area contributed by atoms with Crippen LogP contribution in [0.5, 0.6) is 0 Å². The molecule has 10 atom stereocenters. The summed E-state index contributed by atoms with van der Waals surface area (Å²) in [6.45, 7) is 16.9. The summed E-state index contributed by atoms with van der Waals surface area (Å²) in [6, 6.07) is 12.8. The lowest BCUT2D eigenvalue weighted by Gasteiger charge is -2.37. The zero-order valence-electron chi connectivity index (χ0n) is 41.4. The van der Waals surface area contributed by atoms with Crippen molar-refractivity contribution in [3.05, 3.63) is 72.7 Å². The number of methoxy groups -OCH3 is 2. The summed E-state index contributed by atoms with van der Waals surface area (Å²) >= 11 is 0. The van der Waals surface area contributed by atoms with E-state index in [9.17, 15) is 14.4 Å². The van der Waals surface area contributed by atoms with E-state index in [1.165, 1.54) is 25.0 Å². The highest BCUT2D eigenvalue weighted by Crippen LogP contribution is 2.50. The van der Waals surface area contributed by atoms with Crippen LogP contribution in [0.15, 0.2) is 61.4 Å². The third-order valence-corrected chi connectivity index (χ3v) is 13.0. The van der Waals surface area contributed by atoms with E-state index in [1.54, 1.807) is 18.9 Å². The third-order valence-electron chi connectivity index (χ3n) is 13.0. The number of aromatic amines is 2. The molecule has 0 bridgehead atoms. The number of nitrogens with one attached hydrogen (secondary N) is 4. The van der Waals surface area contributed by atoms with Gasteiger partial charge in [-0.1, -0.05) is 51.8 Å². The first-order valence-corrected chi connectivity index (χ1v) is 23.1. The number of benzene rings is 2. The smallest absolute Gasteiger partial charge is 0.407 e. The predicted octanol–water partition coefficient (Wildman–Crippen LogP) is 6.91. The van der Waals surface area contributed by atoms with Crippen molar-refractivity contribution in [2.45, 2.75) is 111 Å². The van der Waals surface area contributed by atoms with Crippen LogP contribution in [0, 0.1) is 67.1 Å². The molecule has 15 nitrogen and oxygen atoms in total. The number of rotatable bonds is 8. The summed E-state index contributed by atoms with van der Waals surface area (Å²) in [5.41, 5.74) is 3.94. The molecule has 2 aromatic heterocycles. The molecule has 2 aromatic carbocycles. The van der Waals surface area contributed by atoms with E-state index in [4.69, 9.17) is 14.3 Å². The molecule has 1 saturated carbocycles. The maximum atomic E-state index is 13.1. The number of hydrogen-bond donors (Lipinski definition) is 4. The van der Waals surface area contributed by atoms with Crippen molar-refractivity contribution in [2.75, 3.05) is 34.4 Å². The number of nitrogens with zero attached hydrogens (tertiary/aromatic N) is 4. The van der Waals surface area contributed by atoms with E-state index in [0.717, 1.165) is 61.3 Å². The van der Waals surface area contributed by atoms with Gasteiger partial charge in [0.05, 0.1) is 63.2 Å². The highest BCUT2D eigenvalue weighted by Gasteiger charge is 2.57. The number of hydrogen-bond acceptors (Lipinski definition) is 10. The zero-order chi connectivity index (χ0) is 50.5. The molecular weight excluding hydrogens is 861 g/mol. The largest absolute Gasteiger partial charge is 0.471 e. The van der Waals surface area contributed by atoms with Gasteiger partial charge < -0.3 is 44.6 Å². The van der Waals surface area contributed by atoms with E-state index in [1.807, 2.05) is 43.0 Å². The molecule has 8 rings (SSSR count). The van der Waals surface area contributed by atoms with Gasteiger partial charge in [-0.2, -0.15) is 0 Å². The first kappa shape index (κ1) is 55.7. The number of ether oxygens (including phenoxy) is 3. The second-order valence-corrected chi connectivity index (χ2v) is 17.8. The SMILES string of the molecule is C#C.C#C.C(#Cc1cnc[nH]1)c1ccc2cc(-c3cnc[nH]3)ccc2c1.CNC(C(=O)N1CCC(C)[C@H]1C)C(C)C.COC(=O)NC(C(=O)N1CCC2C1[C@@H]2C)C1C[C@@H](C)O[C@@H](C)C1.COC=O. The first-order valence-electron chi connectivity index (χ1n) is 23.1. The summed E-state index contributed by atoms with van der Waals surface area (Å²) in [4.78, 5) is 64.2. The Balaban J connectivity index is 0.000000255. The fourth-order valence-electron chi connectivity index (χ4n) is 9.33. The average Bonchev–Trinajstić information content (AvgIpc) is 4.04. The van der Waals surface area contributed by atoms with Crippen molar-refractivity contribution in [2.24, 2.45) is 29.6 Å². The second-order valence-electron chi connectivity index (χ2n) is 17.8. The van der Waals surface area contributed by atoms with Crippen LogP contribution in [0.25, 0.3) is 22.0 Å². The Morgan fingerprint density at radius 1 is 0.853 bits per heavy atom. The summed E-state index contributed by atoms with van der Waals surface area (Å²) in [6.07, 6.45) is 26.3. The normalized spacial score (nSPS) is 23.6. The first-order chi connectivity index (χ1) is 32.7. The summed E-state index contributed by atoms with van der Waals surface area (Å²) in [5.74, 6) is 8.86. The van der Waals surface area contributed by atoms with Crippen molar-refractivity contribution < 1.29 is 33.4 Å². The van der Waals surface area contributed by atoms with E-state index in [-0.39, 0.29) is 36.0 Å². The Labute approximate surface area is 403 Å². The highest BCUT2D eigenvalue weighted by atomic mass is 16.5. The number of amides is 3. The molecule has 3 amide bonds. The highest BCUT2D eigenvalue weighted by molar-refractivity contribution is 5.88. The van der Waals surface area contributed by atoms with E-state index in [2.05, 4.69) is 138 Å². The van der Waals surface area contributed by atoms with Gasteiger partial charge in [0.15, 0.2) is 0 Å². The number of piperidine rings is 1. The summed E-state index contributed by atoms with van der Waals surface area (Å²) in [7, 11) is 4.51. The molecule has 68 heavy (non-hydrogen) atoms. The number of likely N-dealkylation sites (N-methyl/N-ethyl adjacent to an activating group) is 1. The second kappa shape index (κ2) is 27.9. The molecule has 5 heterocycles.